The largest absolute Gasteiger partial charge is 0.368 e. The van der Waals surface area contributed by atoms with Crippen LogP contribution in [0.25, 0.3) is 0 Å². The molecule has 19 heavy (non-hydrogen) atoms. The summed E-state index contributed by atoms with van der Waals surface area (Å²) in [6, 6.07) is 4.17. The summed E-state index contributed by atoms with van der Waals surface area (Å²) in [5, 5.41) is 0. The van der Waals surface area contributed by atoms with Crippen LogP contribution in [0.4, 0.5) is 10.1 Å². The molecule has 3 rings (SSSR count). The molecule has 0 amide bonds. The molecular weight excluding hydrogens is 239 g/mol. The van der Waals surface area contributed by atoms with Crippen LogP contribution >= 0.6 is 0 Å². The maximum Gasteiger partial charge on any atom is 0.126 e. The summed E-state index contributed by atoms with van der Waals surface area (Å²) < 4.78 is 13.8. The maximum atomic E-state index is 13.8. The van der Waals surface area contributed by atoms with Crippen molar-refractivity contribution in [2.45, 2.75) is 51.6 Å². The molecular formula is C16H23FN2. The van der Waals surface area contributed by atoms with Crippen molar-refractivity contribution in [1.29, 1.82) is 0 Å². The second-order valence-electron chi connectivity index (χ2n) is 6.28. The van der Waals surface area contributed by atoms with E-state index in [1.165, 1.54) is 31.4 Å². The van der Waals surface area contributed by atoms with E-state index < -0.39 is 0 Å². The van der Waals surface area contributed by atoms with E-state index >= 15 is 0 Å². The lowest BCUT2D eigenvalue weighted by molar-refractivity contribution is 0.611. The average molecular weight is 262 g/mol. The molecule has 0 heterocycles. The van der Waals surface area contributed by atoms with Gasteiger partial charge < -0.3 is 10.6 Å². The van der Waals surface area contributed by atoms with E-state index in [4.69, 9.17) is 5.73 Å². The molecule has 0 aromatic heterocycles. The highest BCUT2D eigenvalue weighted by Gasteiger charge is 2.35. The van der Waals surface area contributed by atoms with Crippen LogP contribution in [-0.4, -0.2) is 12.6 Å². The van der Waals surface area contributed by atoms with Crippen molar-refractivity contribution in [3.63, 3.8) is 0 Å². The van der Waals surface area contributed by atoms with Gasteiger partial charge in [0.15, 0.2) is 0 Å². The van der Waals surface area contributed by atoms with Crippen LogP contribution in [0.15, 0.2) is 12.1 Å². The fourth-order valence-corrected chi connectivity index (χ4v) is 2.70. The third-order valence-electron chi connectivity index (χ3n) is 4.25. The standard InChI is InChI=1S/C16H23FN2/c1-10-7-16(14(11(2)18)8-15(10)17)19(13-5-6-13)9-12-3-4-12/h7-8,11-13H,3-6,9,18H2,1-2H3/t11-/m1/s1. The molecule has 2 aliphatic rings. The summed E-state index contributed by atoms with van der Waals surface area (Å²) in [4.78, 5) is 2.49. The molecule has 1 aromatic carbocycles. The lowest BCUT2D eigenvalue weighted by atomic mass is 10.0. The second kappa shape index (κ2) is 4.78. The van der Waals surface area contributed by atoms with Gasteiger partial charge in [-0.1, -0.05) is 0 Å². The molecule has 0 radical (unpaired) electrons. The number of hydrogen-bond acceptors (Lipinski definition) is 2. The Morgan fingerprint density at radius 1 is 1.32 bits per heavy atom. The second-order valence-corrected chi connectivity index (χ2v) is 6.28. The molecule has 1 aromatic rings. The molecule has 2 N–H and O–H groups in total. The molecule has 104 valence electrons. The van der Waals surface area contributed by atoms with Gasteiger partial charge >= 0.3 is 0 Å². The third-order valence-corrected chi connectivity index (χ3v) is 4.25. The molecule has 3 heteroatoms. The first-order valence-corrected chi connectivity index (χ1v) is 7.38. The molecule has 2 nitrogen and oxygen atoms in total. The SMILES string of the molecule is Cc1cc(N(CC2CC2)C2CC2)c([C@@H](C)N)cc1F. The zero-order valence-electron chi connectivity index (χ0n) is 11.8. The Bertz CT molecular complexity index is 476. The van der Waals surface area contributed by atoms with E-state index in [1.807, 2.05) is 19.9 Å². The molecule has 1 atom stereocenters. The predicted molar refractivity (Wildman–Crippen MR) is 76.8 cm³/mol. The lowest BCUT2D eigenvalue weighted by Crippen LogP contribution is -2.30. The highest BCUT2D eigenvalue weighted by molar-refractivity contribution is 5.58. The lowest BCUT2D eigenvalue weighted by Gasteiger charge is -2.29. The summed E-state index contributed by atoms with van der Waals surface area (Å²) in [5.74, 6) is 0.699. The van der Waals surface area contributed by atoms with Crippen LogP contribution in [0.5, 0.6) is 0 Å². The molecule has 0 spiro atoms. The van der Waals surface area contributed by atoms with Crippen LogP contribution in [0, 0.1) is 18.7 Å². The van der Waals surface area contributed by atoms with Crippen molar-refractivity contribution in [2.75, 3.05) is 11.4 Å². The zero-order valence-corrected chi connectivity index (χ0v) is 11.8. The van der Waals surface area contributed by atoms with E-state index in [9.17, 15) is 4.39 Å². The molecule has 0 saturated heterocycles. The van der Waals surface area contributed by atoms with Crippen molar-refractivity contribution in [3.8, 4) is 0 Å². The van der Waals surface area contributed by atoms with Crippen molar-refractivity contribution in [1.82, 2.24) is 0 Å². The smallest absolute Gasteiger partial charge is 0.126 e. The normalized spacial score (nSPS) is 20.4. The van der Waals surface area contributed by atoms with Gasteiger partial charge in [0.1, 0.15) is 5.82 Å². The number of aryl methyl sites for hydroxylation is 1. The van der Waals surface area contributed by atoms with Gasteiger partial charge in [0, 0.05) is 24.3 Å². The maximum absolute atomic E-state index is 13.8. The van der Waals surface area contributed by atoms with Crippen LogP contribution in [0.3, 0.4) is 0 Å². The average Bonchev–Trinajstić information content (AvgIpc) is 3.23. The van der Waals surface area contributed by atoms with Gasteiger partial charge in [-0.2, -0.15) is 0 Å². The number of nitrogens with two attached hydrogens (primary N) is 1. The van der Waals surface area contributed by atoms with Crippen LogP contribution in [0.1, 0.15) is 49.8 Å². The molecule has 2 aliphatic carbocycles. The monoisotopic (exact) mass is 262 g/mol. The minimum absolute atomic E-state index is 0.120. The summed E-state index contributed by atoms with van der Waals surface area (Å²) in [6.45, 7) is 4.90. The number of benzene rings is 1. The van der Waals surface area contributed by atoms with Gasteiger partial charge in [-0.25, -0.2) is 4.39 Å². The topological polar surface area (TPSA) is 29.3 Å². The number of anilines is 1. The van der Waals surface area contributed by atoms with Crippen molar-refractivity contribution in [2.24, 2.45) is 11.7 Å². The van der Waals surface area contributed by atoms with E-state index in [2.05, 4.69) is 4.90 Å². The fraction of sp³-hybridized carbons (Fsp3) is 0.625. The summed E-state index contributed by atoms with van der Waals surface area (Å²) in [7, 11) is 0. The Morgan fingerprint density at radius 2 is 2.00 bits per heavy atom. The minimum Gasteiger partial charge on any atom is -0.368 e. The molecule has 2 saturated carbocycles. The highest BCUT2D eigenvalue weighted by atomic mass is 19.1. The molecule has 0 aliphatic heterocycles. The van der Waals surface area contributed by atoms with Gasteiger partial charge in [-0.05, 0) is 68.7 Å². The number of hydrogen-bond donors (Lipinski definition) is 1. The Labute approximate surface area is 114 Å². The predicted octanol–water partition coefficient (Wildman–Crippen LogP) is 3.53. The fourth-order valence-electron chi connectivity index (χ4n) is 2.70. The molecule has 0 bridgehead atoms. The van der Waals surface area contributed by atoms with Gasteiger partial charge in [-0.15, -0.1) is 0 Å². The first kappa shape index (κ1) is 12.9. The van der Waals surface area contributed by atoms with Gasteiger partial charge in [0.25, 0.3) is 0 Å². The Hall–Kier alpha value is -1.09. The highest BCUT2D eigenvalue weighted by Crippen LogP contribution is 2.40. The quantitative estimate of drug-likeness (QED) is 0.879. The first-order valence-electron chi connectivity index (χ1n) is 7.38. The van der Waals surface area contributed by atoms with Crippen molar-refractivity contribution >= 4 is 5.69 Å². The van der Waals surface area contributed by atoms with Crippen molar-refractivity contribution < 1.29 is 4.39 Å². The van der Waals surface area contributed by atoms with E-state index in [-0.39, 0.29) is 11.9 Å². The Kier molecular flexibility index (Phi) is 3.25. The third kappa shape index (κ3) is 2.76. The summed E-state index contributed by atoms with van der Waals surface area (Å²) in [5.41, 5.74) is 8.89. The van der Waals surface area contributed by atoms with Crippen LogP contribution in [-0.2, 0) is 0 Å². The Balaban J connectivity index is 1.97. The van der Waals surface area contributed by atoms with E-state index in [0.717, 1.165) is 23.6 Å². The number of nitrogens with zero attached hydrogens (tertiary/aromatic N) is 1. The van der Waals surface area contributed by atoms with Crippen LogP contribution in [0.2, 0.25) is 0 Å². The summed E-state index contributed by atoms with van der Waals surface area (Å²) >= 11 is 0. The van der Waals surface area contributed by atoms with Gasteiger partial charge in [-0.3, -0.25) is 0 Å². The zero-order chi connectivity index (χ0) is 13.6. The Morgan fingerprint density at radius 3 is 2.53 bits per heavy atom. The molecule has 2 fully saturated rings. The number of halogens is 1. The van der Waals surface area contributed by atoms with E-state index in [0.29, 0.717) is 6.04 Å². The first-order chi connectivity index (χ1) is 9.06. The molecule has 0 unspecified atom stereocenters. The minimum atomic E-state index is -0.141. The van der Waals surface area contributed by atoms with Gasteiger partial charge in [0.2, 0.25) is 0 Å². The van der Waals surface area contributed by atoms with E-state index in [1.54, 1.807) is 6.07 Å². The number of rotatable bonds is 5. The summed E-state index contributed by atoms with van der Waals surface area (Å²) in [6.07, 6.45) is 5.22. The van der Waals surface area contributed by atoms with Crippen LogP contribution < -0.4 is 10.6 Å². The van der Waals surface area contributed by atoms with Crippen molar-refractivity contribution in [3.05, 3.63) is 29.1 Å². The van der Waals surface area contributed by atoms with Gasteiger partial charge in [0.05, 0.1) is 0 Å².